The molecule has 1 fully saturated rings. The summed E-state index contributed by atoms with van der Waals surface area (Å²) in [5.74, 6) is -2.74. The van der Waals surface area contributed by atoms with Gasteiger partial charge in [0, 0.05) is 57.0 Å². The predicted octanol–water partition coefficient (Wildman–Crippen LogP) is 2.73. The lowest BCUT2D eigenvalue weighted by atomic mass is 10.2. The van der Waals surface area contributed by atoms with Crippen LogP contribution in [0, 0.1) is 6.92 Å². The number of aromatic nitrogens is 5. The molecule has 0 bridgehead atoms. The third kappa shape index (κ3) is 4.24. The second-order valence-electron chi connectivity index (χ2n) is 8.43. The molecule has 0 radical (unpaired) electrons. The lowest BCUT2D eigenvalue weighted by Crippen LogP contribution is -2.31. The van der Waals surface area contributed by atoms with Crippen molar-refractivity contribution in [1.29, 1.82) is 0 Å². The molecule has 3 aromatic heterocycles. The van der Waals surface area contributed by atoms with Gasteiger partial charge in [-0.1, -0.05) is 0 Å². The quantitative estimate of drug-likeness (QED) is 0.647. The summed E-state index contributed by atoms with van der Waals surface area (Å²) >= 11 is 0. The van der Waals surface area contributed by atoms with Gasteiger partial charge in [0.05, 0.1) is 10.9 Å². The Labute approximate surface area is 184 Å². The number of anilines is 2. The minimum Gasteiger partial charge on any atom is -0.353 e. The van der Waals surface area contributed by atoms with Crippen molar-refractivity contribution in [3.05, 3.63) is 29.8 Å². The van der Waals surface area contributed by atoms with E-state index in [1.807, 2.05) is 14.1 Å². The molecule has 1 N–H and O–H groups in total. The third-order valence-corrected chi connectivity index (χ3v) is 5.49. The zero-order valence-electron chi connectivity index (χ0n) is 18.7. The molecule has 1 atom stereocenters. The number of alkyl halides is 2. The van der Waals surface area contributed by atoms with Crippen molar-refractivity contribution in [3.8, 4) is 5.82 Å². The van der Waals surface area contributed by atoms with Gasteiger partial charge in [-0.2, -0.15) is 8.78 Å². The summed E-state index contributed by atoms with van der Waals surface area (Å²) in [5.41, 5.74) is 1.01. The maximum Gasteiger partial charge on any atom is 0.303 e. The molecule has 1 aliphatic rings. The first-order valence-electron chi connectivity index (χ1n) is 10.3. The molecule has 1 aliphatic heterocycles. The largest absolute Gasteiger partial charge is 0.353 e. The van der Waals surface area contributed by atoms with Crippen LogP contribution in [0.1, 0.15) is 31.8 Å². The van der Waals surface area contributed by atoms with Crippen LogP contribution >= 0.6 is 0 Å². The SMILES string of the molecule is CC(=O)Nc1cc2c(cn1)c(N1CCC(N(C)C)C1)nn2-c1cc(C)nc(C(C)(F)F)n1. The zero-order chi connectivity index (χ0) is 23.2. The highest BCUT2D eigenvalue weighted by Gasteiger charge is 2.31. The Morgan fingerprint density at radius 3 is 2.66 bits per heavy atom. The van der Waals surface area contributed by atoms with Crippen molar-refractivity contribution in [2.75, 3.05) is 37.4 Å². The Kier molecular flexibility index (Phi) is 5.53. The van der Waals surface area contributed by atoms with Crippen LogP contribution < -0.4 is 10.2 Å². The number of carbonyl (C=O) groups is 1. The molecule has 0 spiro atoms. The maximum atomic E-state index is 14.0. The maximum absolute atomic E-state index is 14.0. The number of hydrogen-bond acceptors (Lipinski definition) is 7. The Morgan fingerprint density at radius 1 is 1.28 bits per heavy atom. The molecule has 1 unspecified atom stereocenters. The third-order valence-electron chi connectivity index (χ3n) is 5.49. The van der Waals surface area contributed by atoms with Crippen molar-refractivity contribution in [1.82, 2.24) is 29.6 Å². The van der Waals surface area contributed by atoms with E-state index in [2.05, 4.69) is 30.1 Å². The number of nitrogens with one attached hydrogen (secondary N) is 1. The van der Waals surface area contributed by atoms with E-state index < -0.39 is 11.7 Å². The van der Waals surface area contributed by atoms with Crippen molar-refractivity contribution in [2.45, 2.75) is 39.2 Å². The summed E-state index contributed by atoms with van der Waals surface area (Å²) in [4.78, 5) is 28.2. The molecule has 4 rings (SSSR count). The van der Waals surface area contributed by atoms with Gasteiger partial charge in [-0.05, 0) is 27.4 Å². The van der Waals surface area contributed by atoms with E-state index in [0.717, 1.165) is 31.8 Å². The molecule has 9 nitrogen and oxygen atoms in total. The first kappa shape index (κ1) is 22.0. The number of carbonyl (C=O) groups excluding carboxylic acids is 1. The standard InChI is InChI=1S/C21H26F2N8O/c1-12-8-18(27-20(25-12)21(3,22)23)31-16-9-17(26-13(2)32)24-10-15(16)19(28-31)30-7-6-14(11-30)29(4)5/h8-10,14H,6-7,11H2,1-5H3,(H,24,26,32). The second kappa shape index (κ2) is 8.05. The highest BCUT2D eigenvalue weighted by atomic mass is 19.3. The first-order chi connectivity index (χ1) is 15.0. The molecule has 170 valence electrons. The Bertz CT molecular complexity index is 1170. The molecular weight excluding hydrogens is 418 g/mol. The molecule has 0 aliphatic carbocycles. The molecule has 32 heavy (non-hydrogen) atoms. The first-order valence-corrected chi connectivity index (χ1v) is 10.3. The Hall–Kier alpha value is -3.21. The van der Waals surface area contributed by atoms with E-state index >= 15 is 0 Å². The van der Waals surface area contributed by atoms with Crippen molar-refractivity contribution < 1.29 is 13.6 Å². The van der Waals surface area contributed by atoms with Crippen molar-refractivity contribution in [2.24, 2.45) is 0 Å². The molecular formula is C21H26F2N8O. The molecule has 0 aromatic carbocycles. The van der Waals surface area contributed by atoms with Gasteiger partial charge in [-0.25, -0.2) is 19.6 Å². The number of pyridine rings is 1. The van der Waals surface area contributed by atoms with Crippen molar-refractivity contribution in [3.63, 3.8) is 0 Å². The smallest absolute Gasteiger partial charge is 0.303 e. The van der Waals surface area contributed by atoms with Crippen LogP contribution in [0.3, 0.4) is 0 Å². The summed E-state index contributed by atoms with van der Waals surface area (Å²) < 4.78 is 29.5. The molecule has 1 saturated heterocycles. The van der Waals surface area contributed by atoms with Crippen molar-refractivity contribution >= 4 is 28.4 Å². The van der Waals surface area contributed by atoms with Crippen LogP contribution in [-0.2, 0) is 10.7 Å². The van der Waals surface area contributed by atoms with Gasteiger partial charge in [-0.3, -0.25) is 4.79 Å². The van der Waals surface area contributed by atoms with Gasteiger partial charge >= 0.3 is 5.92 Å². The summed E-state index contributed by atoms with van der Waals surface area (Å²) in [6.07, 6.45) is 2.63. The number of hydrogen-bond donors (Lipinski definition) is 1. The number of nitrogens with zero attached hydrogens (tertiary/aromatic N) is 7. The highest BCUT2D eigenvalue weighted by Crippen LogP contribution is 2.32. The lowest BCUT2D eigenvalue weighted by Gasteiger charge is -2.20. The van der Waals surface area contributed by atoms with Crippen LogP contribution in [0.5, 0.6) is 0 Å². The van der Waals surface area contributed by atoms with Crippen LogP contribution in [0.25, 0.3) is 16.7 Å². The fraction of sp³-hybridized carbons (Fsp3) is 0.476. The Balaban J connectivity index is 1.88. The summed E-state index contributed by atoms with van der Waals surface area (Å²) in [7, 11) is 4.09. The van der Waals surface area contributed by atoms with E-state index in [1.165, 1.54) is 11.6 Å². The van der Waals surface area contributed by atoms with E-state index in [9.17, 15) is 13.6 Å². The van der Waals surface area contributed by atoms with Gasteiger partial charge in [0.15, 0.2) is 11.6 Å². The van der Waals surface area contributed by atoms with E-state index in [0.29, 0.717) is 28.9 Å². The molecule has 11 heteroatoms. The average molecular weight is 444 g/mol. The molecule has 4 heterocycles. The minimum absolute atomic E-state index is 0.230. The fourth-order valence-corrected chi connectivity index (χ4v) is 3.86. The lowest BCUT2D eigenvalue weighted by molar-refractivity contribution is -0.114. The van der Waals surface area contributed by atoms with Gasteiger partial charge in [-0.15, -0.1) is 5.10 Å². The topological polar surface area (TPSA) is 92.1 Å². The van der Waals surface area contributed by atoms with E-state index in [-0.39, 0.29) is 11.7 Å². The number of fused-ring (bicyclic) bond motifs is 1. The van der Waals surface area contributed by atoms with Crippen LogP contribution in [0.4, 0.5) is 20.4 Å². The summed E-state index contributed by atoms with van der Waals surface area (Å²) in [6, 6.07) is 3.67. The normalized spacial score (nSPS) is 16.9. The van der Waals surface area contributed by atoms with Gasteiger partial charge < -0.3 is 15.1 Å². The van der Waals surface area contributed by atoms with Crippen LogP contribution in [-0.4, -0.2) is 68.8 Å². The number of aryl methyl sites for hydroxylation is 1. The minimum atomic E-state index is -3.19. The average Bonchev–Trinajstić information content (AvgIpc) is 3.31. The number of likely N-dealkylation sites (N-methyl/N-ethyl adjacent to an activating group) is 1. The molecule has 1 amide bonds. The van der Waals surface area contributed by atoms with E-state index in [4.69, 9.17) is 5.10 Å². The molecule has 3 aromatic rings. The Morgan fingerprint density at radius 2 is 2.03 bits per heavy atom. The second-order valence-corrected chi connectivity index (χ2v) is 8.43. The highest BCUT2D eigenvalue weighted by molar-refractivity contribution is 5.95. The van der Waals surface area contributed by atoms with Gasteiger partial charge in [0.25, 0.3) is 0 Å². The zero-order valence-corrected chi connectivity index (χ0v) is 18.7. The molecule has 0 saturated carbocycles. The van der Waals surface area contributed by atoms with Crippen LogP contribution in [0.15, 0.2) is 18.3 Å². The predicted molar refractivity (Wildman–Crippen MR) is 117 cm³/mol. The van der Waals surface area contributed by atoms with Gasteiger partial charge in [0.2, 0.25) is 11.7 Å². The fourth-order valence-electron chi connectivity index (χ4n) is 3.86. The van der Waals surface area contributed by atoms with Crippen LogP contribution in [0.2, 0.25) is 0 Å². The summed E-state index contributed by atoms with van der Waals surface area (Å²) in [5, 5.41) is 8.16. The number of halogens is 2. The summed E-state index contributed by atoms with van der Waals surface area (Å²) in [6.45, 7) is 5.39. The number of rotatable bonds is 5. The number of amides is 1. The van der Waals surface area contributed by atoms with Gasteiger partial charge in [0.1, 0.15) is 5.82 Å². The monoisotopic (exact) mass is 444 g/mol. The van der Waals surface area contributed by atoms with E-state index in [1.54, 1.807) is 25.3 Å².